The largest absolute Gasteiger partial charge is 0.352 e. The SMILES string of the molecule is CCC(C)NC(=O)c1ccc(CNC(=NC)N2CC(C)CC(C)C2)cc1.I. The molecular formula is C21H35IN4O. The summed E-state index contributed by atoms with van der Waals surface area (Å²) in [5.41, 5.74) is 1.85. The minimum absolute atomic E-state index is 0. The monoisotopic (exact) mass is 486 g/mol. The number of amides is 1. The second-order valence-corrected chi connectivity index (χ2v) is 7.73. The number of nitrogens with one attached hydrogen (secondary N) is 2. The fourth-order valence-electron chi connectivity index (χ4n) is 3.53. The van der Waals surface area contributed by atoms with Gasteiger partial charge < -0.3 is 15.5 Å². The number of halogens is 1. The van der Waals surface area contributed by atoms with Crippen LogP contribution in [0.4, 0.5) is 0 Å². The highest BCUT2D eigenvalue weighted by molar-refractivity contribution is 14.0. The van der Waals surface area contributed by atoms with E-state index >= 15 is 0 Å². The maximum absolute atomic E-state index is 12.2. The molecule has 2 rings (SSSR count). The molecule has 1 aliphatic heterocycles. The van der Waals surface area contributed by atoms with Crippen LogP contribution in [-0.4, -0.2) is 42.9 Å². The summed E-state index contributed by atoms with van der Waals surface area (Å²) in [6.45, 7) is 11.5. The minimum Gasteiger partial charge on any atom is -0.352 e. The van der Waals surface area contributed by atoms with Gasteiger partial charge in [0, 0.05) is 38.3 Å². The second-order valence-electron chi connectivity index (χ2n) is 7.73. The van der Waals surface area contributed by atoms with Crippen LogP contribution in [-0.2, 0) is 6.54 Å². The van der Waals surface area contributed by atoms with Crippen LogP contribution >= 0.6 is 24.0 Å². The molecule has 1 aliphatic rings. The average molecular weight is 486 g/mol. The number of hydrogen-bond donors (Lipinski definition) is 2. The van der Waals surface area contributed by atoms with Gasteiger partial charge in [-0.3, -0.25) is 9.79 Å². The minimum atomic E-state index is -0.00837. The third-order valence-corrected chi connectivity index (χ3v) is 5.04. The molecule has 1 aromatic rings. The Balaban J connectivity index is 0.00000364. The lowest BCUT2D eigenvalue weighted by molar-refractivity contribution is 0.0939. The lowest BCUT2D eigenvalue weighted by Crippen LogP contribution is -2.48. The van der Waals surface area contributed by atoms with Gasteiger partial charge in [0.25, 0.3) is 5.91 Å². The number of hydrogen-bond acceptors (Lipinski definition) is 2. The molecule has 152 valence electrons. The van der Waals surface area contributed by atoms with Gasteiger partial charge in [0.15, 0.2) is 5.96 Å². The highest BCUT2D eigenvalue weighted by Gasteiger charge is 2.23. The third kappa shape index (κ3) is 7.31. The molecule has 0 saturated carbocycles. The van der Waals surface area contributed by atoms with E-state index in [-0.39, 0.29) is 35.9 Å². The molecule has 0 aromatic heterocycles. The van der Waals surface area contributed by atoms with Gasteiger partial charge in [0.2, 0.25) is 0 Å². The summed E-state index contributed by atoms with van der Waals surface area (Å²) < 4.78 is 0. The van der Waals surface area contributed by atoms with Gasteiger partial charge in [-0.1, -0.05) is 32.9 Å². The Morgan fingerprint density at radius 3 is 2.33 bits per heavy atom. The zero-order valence-corrected chi connectivity index (χ0v) is 19.6. The van der Waals surface area contributed by atoms with Crippen molar-refractivity contribution in [3.8, 4) is 0 Å². The normalized spacial score (nSPS) is 21.2. The van der Waals surface area contributed by atoms with Gasteiger partial charge in [-0.05, 0) is 49.3 Å². The molecule has 1 saturated heterocycles. The number of aliphatic imine (C=N–C) groups is 1. The van der Waals surface area contributed by atoms with Crippen LogP contribution in [0.3, 0.4) is 0 Å². The Labute approximate surface area is 181 Å². The van der Waals surface area contributed by atoms with Crippen molar-refractivity contribution in [2.75, 3.05) is 20.1 Å². The first-order valence-electron chi connectivity index (χ1n) is 9.78. The summed E-state index contributed by atoms with van der Waals surface area (Å²) >= 11 is 0. The number of piperidine rings is 1. The number of guanidine groups is 1. The van der Waals surface area contributed by atoms with Crippen LogP contribution in [0.5, 0.6) is 0 Å². The molecule has 2 N–H and O–H groups in total. The van der Waals surface area contributed by atoms with Crippen molar-refractivity contribution < 1.29 is 4.79 Å². The summed E-state index contributed by atoms with van der Waals surface area (Å²) in [5, 5.41) is 6.46. The molecule has 1 amide bonds. The van der Waals surface area contributed by atoms with E-state index in [1.807, 2.05) is 38.2 Å². The molecular weight excluding hydrogens is 451 g/mol. The van der Waals surface area contributed by atoms with E-state index in [9.17, 15) is 4.79 Å². The Kier molecular flexibility index (Phi) is 10.1. The summed E-state index contributed by atoms with van der Waals surface area (Å²) in [6.07, 6.45) is 2.22. The van der Waals surface area contributed by atoms with Gasteiger partial charge in [-0.25, -0.2) is 0 Å². The average Bonchev–Trinajstić information content (AvgIpc) is 2.61. The van der Waals surface area contributed by atoms with Crippen LogP contribution in [0.25, 0.3) is 0 Å². The van der Waals surface area contributed by atoms with Crippen molar-refractivity contribution in [2.24, 2.45) is 16.8 Å². The first-order valence-corrected chi connectivity index (χ1v) is 9.78. The van der Waals surface area contributed by atoms with E-state index in [4.69, 9.17) is 0 Å². The summed E-state index contributed by atoms with van der Waals surface area (Å²) in [6, 6.07) is 7.99. The Bertz CT molecular complexity index is 607. The van der Waals surface area contributed by atoms with Crippen molar-refractivity contribution in [3.05, 3.63) is 35.4 Å². The highest BCUT2D eigenvalue weighted by Crippen LogP contribution is 2.20. The highest BCUT2D eigenvalue weighted by atomic mass is 127. The van der Waals surface area contributed by atoms with Gasteiger partial charge in [0.05, 0.1) is 0 Å². The molecule has 6 heteroatoms. The Morgan fingerprint density at radius 1 is 1.22 bits per heavy atom. The number of rotatable bonds is 5. The van der Waals surface area contributed by atoms with Crippen LogP contribution in [0.15, 0.2) is 29.3 Å². The van der Waals surface area contributed by atoms with Crippen LogP contribution in [0, 0.1) is 11.8 Å². The molecule has 0 bridgehead atoms. The molecule has 1 heterocycles. The number of benzene rings is 1. The fraction of sp³-hybridized carbons (Fsp3) is 0.619. The maximum Gasteiger partial charge on any atom is 0.251 e. The van der Waals surface area contributed by atoms with E-state index in [0.29, 0.717) is 23.9 Å². The van der Waals surface area contributed by atoms with E-state index in [2.05, 4.69) is 41.3 Å². The van der Waals surface area contributed by atoms with Crippen molar-refractivity contribution in [3.63, 3.8) is 0 Å². The zero-order chi connectivity index (χ0) is 19.1. The van der Waals surface area contributed by atoms with E-state index in [0.717, 1.165) is 31.0 Å². The smallest absolute Gasteiger partial charge is 0.251 e. The topological polar surface area (TPSA) is 56.7 Å². The Hall–Kier alpha value is -1.31. The zero-order valence-electron chi connectivity index (χ0n) is 17.3. The van der Waals surface area contributed by atoms with Crippen LogP contribution in [0.2, 0.25) is 0 Å². The Morgan fingerprint density at radius 2 is 1.81 bits per heavy atom. The van der Waals surface area contributed by atoms with Gasteiger partial charge in [0.1, 0.15) is 0 Å². The number of carbonyl (C=O) groups excluding carboxylic acids is 1. The number of likely N-dealkylation sites (tertiary alicyclic amines) is 1. The summed E-state index contributed by atoms with van der Waals surface area (Å²) in [4.78, 5) is 19.0. The quantitative estimate of drug-likeness (QED) is 0.377. The predicted molar refractivity (Wildman–Crippen MR) is 124 cm³/mol. The molecule has 3 unspecified atom stereocenters. The van der Waals surface area contributed by atoms with E-state index in [1.165, 1.54) is 6.42 Å². The lowest BCUT2D eigenvalue weighted by atomic mass is 9.92. The van der Waals surface area contributed by atoms with Crippen molar-refractivity contribution >= 4 is 35.8 Å². The molecule has 0 radical (unpaired) electrons. The molecule has 0 spiro atoms. The summed E-state index contributed by atoms with van der Waals surface area (Å²) in [7, 11) is 1.84. The van der Waals surface area contributed by atoms with Crippen LogP contribution in [0.1, 0.15) is 56.5 Å². The first-order chi connectivity index (χ1) is 12.4. The van der Waals surface area contributed by atoms with Gasteiger partial charge >= 0.3 is 0 Å². The standard InChI is InChI=1S/C21H34N4O.HI/c1-6-17(4)24-20(26)19-9-7-18(8-10-19)12-23-21(22-5)25-13-15(2)11-16(3)14-25;/h7-10,15-17H,6,11-14H2,1-5H3,(H,22,23)(H,24,26);1H. The van der Waals surface area contributed by atoms with Gasteiger partial charge in [-0.2, -0.15) is 0 Å². The molecule has 1 fully saturated rings. The second kappa shape index (κ2) is 11.5. The van der Waals surface area contributed by atoms with Crippen LogP contribution < -0.4 is 10.6 Å². The molecule has 1 aromatic carbocycles. The summed E-state index contributed by atoms with van der Waals surface area (Å²) in [5.74, 6) is 2.34. The van der Waals surface area contributed by atoms with Crippen molar-refractivity contribution in [1.29, 1.82) is 0 Å². The lowest BCUT2D eigenvalue weighted by Gasteiger charge is -2.37. The predicted octanol–water partition coefficient (Wildman–Crippen LogP) is 3.89. The molecule has 5 nitrogen and oxygen atoms in total. The van der Waals surface area contributed by atoms with E-state index < -0.39 is 0 Å². The fourth-order valence-corrected chi connectivity index (χ4v) is 3.53. The molecule has 0 aliphatic carbocycles. The van der Waals surface area contributed by atoms with E-state index in [1.54, 1.807) is 0 Å². The van der Waals surface area contributed by atoms with Gasteiger partial charge in [-0.15, -0.1) is 24.0 Å². The van der Waals surface area contributed by atoms with Crippen molar-refractivity contribution in [2.45, 2.75) is 53.1 Å². The number of nitrogens with zero attached hydrogens (tertiary/aromatic N) is 2. The molecule has 27 heavy (non-hydrogen) atoms. The third-order valence-electron chi connectivity index (χ3n) is 5.04. The number of carbonyl (C=O) groups is 1. The first kappa shape index (κ1) is 23.7. The maximum atomic E-state index is 12.2. The molecule has 3 atom stereocenters. The van der Waals surface area contributed by atoms with Crippen molar-refractivity contribution in [1.82, 2.24) is 15.5 Å².